The Kier molecular flexibility index (Phi) is 3.69. The number of ether oxygens (including phenoxy) is 1. The molecule has 0 aliphatic carbocycles. The number of nitrogens with zero attached hydrogens (tertiary/aromatic N) is 3. The first kappa shape index (κ1) is 12.7. The summed E-state index contributed by atoms with van der Waals surface area (Å²) in [6.45, 7) is 0.106. The van der Waals surface area contributed by atoms with Crippen molar-refractivity contribution in [2.45, 2.75) is 6.61 Å². The Morgan fingerprint density at radius 1 is 1.00 bits per heavy atom. The summed E-state index contributed by atoms with van der Waals surface area (Å²) in [4.78, 5) is 11.4. The molecule has 1 aromatic carbocycles. The van der Waals surface area contributed by atoms with Gasteiger partial charge in [-0.15, -0.1) is 0 Å². The van der Waals surface area contributed by atoms with E-state index < -0.39 is 0 Å². The van der Waals surface area contributed by atoms with E-state index in [4.69, 9.17) is 39.4 Å². The Bertz CT molecular complexity index is 558. The van der Waals surface area contributed by atoms with Gasteiger partial charge in [0.15, 0.2) is 5.82 Å². The highest BCUT2D eigenvalue weighted by atomic mass is 35.5. The zero-order chi connectivity index (χ0) is 13.1. The van der Waals surface area contributed by atoms with Gasteiger partial charge in [0.25, 0.3) is 0 Å². The molecule has 94 valence electrons. The van der Waals surface area contributed by atoms with E-state index in [-0.39, 0.29) is 18.5 Å². The molecule has 4 N–H and O–H groups in total. The van der Waals surface area contributed by atoms with Crippen LogP contribution in [0.5, 0.6) is 5.75 Å². The third kappa shape index (κ3) is 3.12. The van der Waals surface area contributed by atoms with Crippen molar-refractivity contribution in [1.82, 2.24) is 15.0 Å². The molecule has 1 aromatic heterocycles. The highest BCUT2D eigenvalue weighted by molar-refractivity contribution is 6.42. The van der Waals surface area contributed by atoms with Gasteiger partial charge in [0, 0.05) is 6.07 Å². The van der Waals surface area contributed by atoms with E-state index in [1.807, 2.05) is 0 Å². The van der Waals surface area contributed by atoms with Crippen LogP contribution in [0.1, 0.15) is 5.82 Å². The summed E-state index contributed by atoms with van der Waals surface area (Å²) in [6, 6.07) is 4.91. The Labute approximate surface area is 113 Å². The Hall–Kier alpha value is -1.79. The van der Waals surface area contributed by atoms with Gasteiger partial charge in [-0.3, -0.25) is 0 Å². The molecule has 0 bridgehead atoms. The molecule has 2 aromatic rings. The summed E-state index contributed by atoms with van der Waals surface area (Å²) in [5.74, 6) is 0.985. The van der Waals surface area contributed by atoms with Crippen molar-refractivity contribution in [2.24, 2.45) is 0 Å². The third-order valence-electron chi connectivity index (χ3n) is 1.98. The number of halogens is 2. The lowest BCUT2D eigenvalue weighted by molar-refractivity contribution is 0.296. The van der Waals surface area contributed by atoms with Crippen molar-refractivity contribution in [3.05, 3.63) is 34.1 Å². The highest BCUT2D eigenvalue weighted by Crippen LogP contribution is 2.26. The van der Waals surface area contributed by atoms with Crippen molar-refractivity contribution in [2.75, 3.05) is 11.5 Å². The van der Waals surface area contributed by atoms with Gasteiger partial charge in [-0.1, -0.05) is 23.2 Å². The van der Waals surface area contributed by atoms with Gasteiger partial charge in [-0.2, -0.15) is 15.0 Å². The van der Waals surface area contributed by atoms with Crippen molar-refractivity contribution >= 4 is 35.1 Å². The number of nitrogens with two attached hydrogens (primary N) is 2. The van der Waals surface area contributed by atoms with Crippen LogP contribution in [-0.2, 0) is 6.61 Å². The Balaban J connectivity index is 2.08. The third-order valence-corrected chi connectivity index (χ3v) is 2.71. The van der Waals surface area contributed by atoms with E-state index in [1.54, 1.807) is 18.2 Å². The summed E-state index contributed by atoms with van der Waals surface area (Å²) < 4.78 is 5.43. The fourth-order valence-electron chi connectivity index (χ4n) is 1.24. The van der Waals surface area contributed by atoms with Crippen molar-refractivity contribution in [3.8, 4) is 5.75 Å². The van der Waals surface area contributed by atoms with Crippen LogP contribution >= 0.6 is 23.2 Å². The second-order valence-electron chi connectivity index (χ2n) is 3.33. The number of nitrogen functional groups attached to an aromatic ring is 2. The SMILES string of the molecule is Nc1nc(N)nc(COc2ccc(Cl)c(Cl)c2)n1. The molecule has 8 heteroatoms. The molecule has 0 amide bonds. The zero-order valence-corrected chi connectivity index (χ0v) is 10.6. The van der Waals surface area contributed by atoms with E-state index in [0.717, 1.165) is 0 Å². The van der Waals surface area contributed by atoms with Crippen LogP contribution in [-0.4, -0.2) is 15.0 Å². The summed E-state index contributed by atoms with van der Waals surface area (Å²) >= 11 is 11.6. The zero-order valence-electron chi connectivity index (χ0n) is 9.10. The summed E-state index contributed by atoms with van der Waals surface area (Å²) in [7, 11) is 0. The molecule has 2 rings (SSSR count). The maximum absolute atomic E-state index is 5.85. The van der Waals surface area contributed by atoms with Gasteiger partial charge >= 0.3 is 0 Å². The average Bonchev–Trinajstić information content (AvgIpc) is 2.29. The number of rotatable bonds is 3. The molecule has 0 unspecified atom stereocenters. The van der Waals surface area contributed by atoms with Gasteiger partial charge in [0.05, 0.1) is 10.0 Å². The minimum atomic E-state index is 0.0511. The van der Waals surface area contributed by atoms with Crippen LogP contribution in [0.3, 0.4) is 0 Å². The van der Waals surface area contributed by atoms with Crippen LogP contribution in [0.15, 0.2) is 18.2 Å². The molecule has 0 radical (unpaired) electrons. The van der Waals surface area contributed by atoms with Crippen LogP contribution < -0.4 is 16.2 Å². The first-order chi connectivity index (χ1) is 8.54. The number of aromatic nitrogens is 3. The van der Waals surface area contributed by atoms with E-state index in [2.05, 4.69) is 15.0 Å². The molecular formula is C10H9Cl2N5O. The van der Waals surface area contributed by atoms with Crippen molar-refractivity contribution in [3.63, 3.8) is 0 Å². The molecule has 0 saturated carbocycles. The fourth-order valence-corrected chi connectivity index (χ4v) is 1.52. The predicted octanol–water partition coefficient (Wildman–Crippen LogP) is 1.92. The lowest BCUT2D eigenvalue weighted by atomic mass is 10.3. The van der Waals surface area contributed by atoms with Crippen LogP contribution in [0.2, 0.25) is 10.0 Å². The normalized spacial score (nSPS) is 10.3. The van der Waals surface area contributed by atoms with Crippen molar-refractivity contribution in [1.29, 1.82) is 0 Å². The summed E-state index contributed by atoms with van der Waals surface area (Å²) in [6.07, 6.45) is 0. The predicted molar refractivity (Wildman–Crippen MR) is 69.4 cm³/mol. The number of anilines is 2. The second-order valence-corrected chi connectivity index (χ2v) is 4.15. The summed E-state index contributed by atoms with van der Waals surface area (Å²) in [5.41, 5.74) is 10.9. The van der Waals surface area contributed by atoms with E-state index in [1.165, 1.54) is 0 Å². The molecule has 6 nitrogen and oxygen atoms in total. The number of hydrogen-bond acceptors (Lipinski definition) is 6. The van der Waals surface area contributed by atoms with Gasteiger partial charge in [0.2, 0.25) is 11.9 Å². The van der Waals surface area contributed by atoms with Crippen LogP contribution in [0.25, 0.3) is 0 Å². The topological polar surface area (TPSA) is 99.9 Å². The van der Waals surface area contributed by atoms with Crippen molar-refractivity contribution < 1.29 is 4.74 Å². The minimum absolute atomic E-state index is 0.0511. The monoisotopic (exact) mass is 285 g/mol. The average molecular weight is 286 g/mol. The first-order valence-electron chi connectivity index (χ1n) is 4.88. The quantitative estimate of drug-likeness (QED) is 0.894. The number of benzene rings is 1. The van der Waals surface area contributed by atoms with Gasteiger partial charge in [-0.25, -0.2) is 0 Å². The summed E-state index contributed by atoms with van der Waals surface area (Å²) in [5, 5.41) is 0.863. The second kappa shape index (κ2) is 5.24. The largest absolute Gasteiger partial charge is 0.486 e. The van der Waals surface area contributed by atoms with Crippen LogP contribution in [0.4, 0.5) is 11.9 Å². The minimum Gasteiger partial charge on any atom is -0.486 e. The standard InChI is InChI=1S/C10H9Cl2N5O/c11-6-2-1-5(3-7(6)12)18-4-8-15-9(13)17-10(14)16-8/h1-3H,4H2,(H4,13,14,15,16,17). The number of hydrogen-bond donors (Lipinski definition) is 2. The first-order valence-corrected chi connectivity index (χ1v) is 5.64. The molecule has 0 spiro atoms. The van der Waals surface area contributed by atoms with E-state index in [9.17, 15) is 0 Å². The fraction of sp³-hybridized carbons (Fsp3) is 0.100. The van der Waals surface area contributed by atoms with Gasteiger partial charge in [0.1, 0.15) is 12.4 Å². The lowest BCUT2D eigenvalue weighted by Gasteiger charge is -2.06. The van der Waals surface area contributed by atoms with Gasteiger partial charge < -0.3 is 16.2 Å². The van der Waals surface area contributed by atoms with Gasteiger partial charge in [-0.05, 0) is 12.1 Å². The molecule has 0 aliphatic rings. The Morgan fingerprint density at radius 2 is 1.67 bits per heavy atom. The molecule has 18 heavy (non-hydrogen) atoms. The Morgan fingerprint density at radius 3 is 2.28 bits per heavy atom. The van der Waals surface area contributed by atoms with Crippen LogP contribution in [0, 0.1) is 0 Å². The molecule has 1 heterocycles. The highest BCUT2D eigenvalue weighted by Gasteiger charge is 2.04. The lowest BCUT2D eigenvalue weighted by Crippen LogP contribution is -2.09. The maximum atomic E-state index is 5.85. The molecule has 0 atom stereocenters. The maximum Gasteiger partial charge on any atom is 0.225 e. The van der Waals surface area contributed by atoms with E-state index >= 15 is 0 Å². The molecule has 0 saturated heterocycles. The molecule has 0 fully saturated rings. The molecule has 0 aliphatic heterocycles. The molecular weight excluding hydrogens is 277 g/mol. The smallest absolute Gasteiger partial charge is 0.225 e. The van der Waals surface area contributed by atoms with E-state index in [0.29, 0.717) is 21.6 Å².